The normalized spacial score (nSPS) is 15.1. The van der Waals surface area contributed by atoms with Crippen LogP contribution in [0.4, 0.5) is 5.69 Å². The molecular weight excluding hydrogens is 384 g/mol. The lowest BCUT2D eigenvalue weighted by atomic mass is 10.2. The van der Waals surface area contributed by atoms with Crippen LogP contribution in [-0.2, 0) is 20.0 Å². The quantitative estimate of drug-likeness (QED) is 0.779. The molecule has 25 heavy (non-hydrogen) atoms. The van der Waals surface area contributed by atoms with Gasteiger partial charge < -0.3 is 0 Å². The topological polar surface area (TPSA) is 92.3 Å². The Hall–Kier alpha value is -1.61. The van der Waals surface area contributed by atoms with Crippen molar-refractivity contribution in [3.05, 3.63) is 53.1 Å². The maximum absolute atomic E-state index is 12.5. The molecule has 2 aromatic rings. The van der Waals surface area contributed by atoms with Crippen LogP contribution in [0.1, 0.15) is 18.4 Å². The number of aryl methyl sites for hydroxylation is 1. The predicted octanol–water partition coefficient (Wildman–Crippen LogP) is 2.89. The van der Waals surface area contributed by atoms with Crippen molar-refractivity contribution in [2.24, 2.45) is 0 Å². The largest absolute Gasteiger partial charge is 0.280 e. The molecule has 3 rings (SSSR count). The van der Waals surface area contributed by atoms with Gasteiger partial charge in [-0.25, -0.2) is 21.6 Å². The standard InChI is InChI=1S/C16H17ClN2O4S2/c1-11-5-8-16(15(17)9-11)25(22,23)19-13-3-2-4-14(10-13)24(20,21)18-12-6-7-12/h2-5,8-10,12,18-19H,6-7H2,1H3. The lowest BCUT2D eigenvalue weighted by Crippen LogP contribution is -2.25. The molecule has 0 heterocycles. The van der Waals surface area contributed by atoms with Gasteiger partial charge in [0.15, 0.2) is 0 Å². The second-order valence-corrected chi connectivity index (χ2v) is 9.73. The first-order valence-electron chi connectivity index (χ1n) is 7.59. The van der Waals surface area contributed by atoms with Crippen molar-refractivity contribution in [3.8, 4) is 0 Å². The van der Waals surface area contributed by atoms with E-state index in [-0.39, 0.29) is 26.5 Å². The lowest BCUT2D eigenvalue weighted by Gasteiger charge is -2.11. The molecule has 6 nitrogen and oxygen atoms in total. The van der Waals surface area contributed by atoms with E-state index in [0.29, 0.717) is 0 Å². The summed E-state index contributed by atoms with van der Waals surface area (Å²) >= 11 is 6.02. The minimum Gasteiger partial charge on any atom is -0.280 e. The minimum absolute atomic E-state index is 0.00889. The van der Waals surface area contributed by atoms with E-state index in [1.54, 1.807) is 19.1 Å². The molecule has 0 unspecified atom stereocenters. The SMILES string of the molecule is Cc1ccc(S(=O)(=O)Nc2cccc(S(=O)(=O)NC3CC3)c2)c(Cl)c1. The van der Waals surface area contributed by atoms with E-state index in [0.717, 1.165) is 18.4 Å². The third kappa shape index (κ3) is 4.33. The fourth-order valence-corrected chi connectivity index (χ4v) is 5.25. The van der Waals surface area contributed by atoms with Gasteiger partial charge in [0.1, 0.15) is 4.90 Å². The van der Waals surface area contributed by atoms with Crippen LogP contribution in [-0.4, -0.2) is 22.9 Å². The summed E-state index contributed by atoms with van der Waals surface area (Å²) in [6.45, 7) is 1.80. The summed E-state index contributed by atoms with van der Waals surface area (Å²) in [6.07, 6.45) is 1.63. The van der Waals surface area contributed by atoms with Crippen LogP contribution in [0.15, 0.2) is 52.3 Å². The number of sulfonamides is 2. The fraction of sp³-hybridized carbons (Fsp3) is 0.250. The van der Waals surface area contributed by atoms with Crippen molar-refractivity contribution >= 4 is 37.3 Å². The van der Waals surface area contributed by atoms with Crippen LogP contribution in [0, 0.1) is 6.92 Å². The molecule has 0 spiro atoms. The highest BCUT2D eigenvalue weighted by Gasteiger charge is 2.28. The summed E-state index contributed by atoms with van der Waals surface area (Å²) in [5.74, 6) is 0. The molecule has 2 N–H and O–H groups in total. The highest BCUT2D eigenvalue weighted by atomic mass is 35.5. The number of hydrogen-bond donors (Lipinski definition) is 2. The van der Waals surface area contributed by atoms with Gasteiger partial charge in [-0.1, -0.05) is 23.7 Å². The number of benzene rings is 2. The highest BCUT2D eigenvalue weighted by Crippen LogP contribution is 2.26. The van der Waals surface area contributed by atoms with E-state index >= 15 is 0 Å². The number of hydrogen-bond acceptors (Lipinski definition) is 4. The summed E-state index contributed by atoms with van der Waals surface area (Å²) in [4.78, 5) is -0.0567. The van der Waals surface area contributed by atoms with E-state index < -0.39 is 20.0 Å². The first-order chi connectivity index (χ1) is 11.7. The fourth-order valence-electron chi connectivity index (χ4n) is 2.25. The van der Waals surface area contributed by atoms with Crippen molar-refractivity contribution in [1.82, 2.24) is 4.72 Å². The van der Waals surface area contributed by atoms with Gasteiger partial charge in [-0.3, -0.25) is 4.72 Å². The molecule has 2 aromatic carbocycles. The first-order valence-corrected chi connectivity index (χ1v) is 10.9. The average molecular weight is 401 g/mol. The highest BCUT2D eigenvalue weighted by molar-refractivity contribution is 7.93. The van der Waals surface area contributed by atoms with Crippen molar-refractivity contribution < 1.29 is 16.8 Å². The zero-order valence-corrected chi connectivity index (χ0v) is 15.7. The monoisotopic (exact) mass is 400 g/mol. The Balaban J connectivity index is 1.88. The molecule has 0 radical (unpaired) electrons. The molecule has 0 atom stereocenters. The van der Waals surface area contributed by atoms with Crippen molar-refractivity contribution in [3.63, 3.8) is 0 Å². The second-order valence-electron chi connectivity index (χ2n) is 5.96. The van der Waals surface area contributed by atoms with Gasteiger partial charge in [0.05, 0.1) is 15.6 Å². The zero-order valence-electron chi connectivity index (χ0n) is 13.4. The van der Waals surface area contributed by atoms with Gasteiger partial charge in [0, 0.05) is 6.04 Å². The molecule has 0 aliphatic heterocycles. The minimum atomic E-state index is -3.93. The maximum atomic E-state index is 12.5. The van der Waals surface area contributed by atoms with Crippen LogP contribution in [0.5, 0.6) is 0 Å². The molecule has 0 saturated heterocycles. The Morgan fingerprint density at radius 3 is 2.36 bits per heavy atom. The molecule has 1 aliphatic carbocycles. The van der Waals surface area contributed by atoms with Crippen LogP contribution < -0.4 is 9.44 Å². The molecule has 1 aliphatic rings. The smallest absolute Gasteiger partial charge is 0.263 e. The number of nitrogens with one attached hydrogen (secondary N) is 2. The van der Waals surface area contributed by atoms with Crippen molar-refractivity contribution in [2.75, 3.05) is 4.72 Å². The van der Waals surface area contributed by atoms with Gasteiger partial charge in [-0.05, 0) is 55.7 Å². The zero-order chi connectivity index (χ0) is 18.2. The van der Waals surface area contributed by atoms with Gasteiger partial charge in [0.2, 0.25) is 10.0 Å². The molecule has 134 valence electrons. The van der Waals surface area contributed by atoms with E-state index in [9.17, 15) is 16.8 Å². The predicted molar refractivity (Wildman–Crippen MR) is 96.8 cm³/mol. The van der Waals surface area contributed by atoms with Crippen molar-refractivity contribution in [1.29, 1.82) is 0 Å². The lowest BCUT2D eigenvalue weighted by molar-refractivity contribution is 0.581. The Morgan fingerprint density at radius 1 is 1.00 bits per heavy atom. The van der Waals surface area contributed by atoms with E-state index in [1.807, 2.05) is 0 Å². The Labute approximate surface area is 152 Å². The molecule has 0 bridgehead atoms. The number of rotatable bonds is 6. The van der Waals surface area contributed by atoms with E-state index in [1.165, 1.54) is 30.3 Å². The molecule has 0 amide bonds. The second kappa shape index (κ2) is 6.60. The molecule has 0 aromatic heterocycles. The summed E-state index contributed by atoms with van der Waals surface area (Å²) < 4.78 is 54.5. The maximum Gasteiger partial charge on any atom is 0.263 e. The van der Waals surface area contributed by atoms with E-state index in [4.69, 9.17) is 11.6 Å². The first kappa shape index (κ1) is 18.2. The molecule has 9 heteroatoms. The van der Waals surface area contributed by atoms with Crippen LogP contribution in [0.2, 0.25) is 5.02 Å². The summed E-state index contributed by atoms with van der Waals surface area (Å²) in [5, 5.41) is 0.103. The summed E-state index contributed by atoms with van der Waals surface area (Å²) in [6, 6.07) is 10.2. The van der Waals surface area contributed by atoms with Crippen molar-refractivity contribution in [2.45, 2.75) is 35.6 Å². The molecular formula is C16H17ClN2O4S2. The van der Waals surface area contributed by atoms with Crippen LogP contribution in [0.3, 0.4) is 0 Å². The van der Waals surface area contributed by atoms with Crippen LogP contribution in [0.25, 0.3) is 0 Å². The number of anilines is 1. The Morgan fingerprint density at radius 2 is 1.72 bits per heavy atom. The van der Waals surface area contributed by atoms with E-state index in [2.05, 4.69) is 9.44 Å². The van der Waals surface area contributed by atoms with Gasteiger partial charge in [-0.2, -0.15) is 0 Å². The average Bonchev–Trinajstić information content (AvgIpc) is 3.30. The number of halogens is 1. The van der Waals surface area contributed by atoms with Gasteiger partial charge in [0.25, 0.3) is 10.0 Å². The molecule has 1 fully saturated rings. The third-order valence-electron chi connectivity index (χ3n) is 3.67. The summed E-state index contributed by atoms with van der Waals surface area (Å²) in [7, 11) is -7.60. The van der Waals surface area contributed by atoms with Crippen LogP contribution >= 0.6 is 11.6 Å². The van der Waals surface area contributed by atoms with Gasteiger partial charge >= 0.3 is 0 Å². The molecule has 1 saturated carbocycles. The summed E-state index contributed by atoms with van der Waals surface area (Å²) in [5.41, 5.74) is 0.985. The Kier molecular flexibility index (Phi) is 4.80. The third-order valence-corrected chi connectivity index (χ3v) is 7.06. The van der Waals surface area contributed by atoms with Gasteiger partial charge in [-0.15, -0.1) is 0 Å². The Bertz CT molecular complexity index is 1020.